The van der Waals surface area contributed by atoms with Crippen LogP contribution >= 0.6 is 0 Å². The fraction of sp³-hybridized carbons (Fsp3) is 0.519. The fourth-order valence-electron chi connectivity index (χ4n) is 5.09. The Hall–Kier alpha value is -3.28. The highest BCUT2D eigenvalue weighted by Gasteiger charge is 2.46. The van der Waals surface area contributed by atoms with Gasteiger partial charge in [-0.05, 0) is 54.5 Å². The monoisotopic (exact) mass is 551 g/mol. The first-order valence-electron chi connectivity index (χ1n) is 13.0. The van der Waals surface area contributed by atoms with Crippen LogP contribution in [0.4, 0.5) is 27.6 Å². The number of rotatable bonds is 9. The van der Waals surface area contributed by atoms with Crippen molar-refractivity contribution < 1.29 is 31.5 Å². The van der Waals surface area contributed by atoms with E-state index < -0.39 is 61.3 Å². The first-order chi connectivity index (χ1) is 18.5. The van der Waals surface area contributed by atoms with Crippen LogP contribution < -0.4 is 5.32 Å². The molecule has 5 rings (SSSR count). The summed E-state index contributed by atoms with van der Waals surface area (Å²) in [5.74, 6) is -3.67. The minimum absolute atomic E-state index is 0.281. The summed E-state index contributed by atoms with van der Waals surface area (Å²) in [6.07, 6.45) is -0.170. The number of amides is 2. The number of carbonyl (C=O) groups excluding carboxylic acids is 2. The molecule has 0 bridgehead atoms. The van der Waals surface area contributed by atoms with Crippen molar-refractivity contribution in [3.8, 4) is 0 Å². The van der Waals surface area contributed by atoms with Crippen molar-refractivity contribution in [1.82, 2.24) is 19.7 Å². The molecule has 0 unspecified atom stereocenters. The number of fused-ring (bicyclic) bond motifs is 1. The summed E-state index contributed by atoms with van der Waals surface area (Å²) in [7, 11) is 0. The van der Waals surface area contributed by atoms with E-state index in [-0.39, 0.29) is 6.54 Å². The second kappa shape index (κ2) is 10.7. The van der Waals surface area contributed by atoms with Gasteiger partial charge in [-0.3, -0.25) is 19.5 Å². The average molecular weight is 552 g/mol. The standard InChI is InChI=1S/C27H30F5N5O2/c28-26(29)16-37(17-26)25(39)15-36(14-23-21(27(30,31)32)4-2-9-33-23)24(38)11-34-22-5-1-3-19-8-10-35(13-20(19)22)12-18-6-7-18/h1-5,9,18,34H,6-8,10-17H2. The molecule has 1 aliphatic carbocycles. The van der Waals surface area contributed by atoms with Gasteiger partial charge in [0, 0.05) is 31.5 Å². The van der Waals surface area contributed by atoms with Crippen molar-refractivity contribution in [2.24, 2.45) is 5.92 Å². The predicted molar refractivity (Wildman–Crippen MR) is 133 cm³/mol. The Morgan fingerprint density at radius 1 is 1.13 bits per heavy atom. The van der Waals surface area contributed by atoms with Crippen LogP contribution in [0.1, 0.15) is 35.2 Å². The van der Waals surface area contributed by atoms with E-state index in [1.807, 2.05) is 18.2 Å². The van der Waals surface area contributed by atoms with Gasteiger partial charge in [-0.25, -0.2) is 8.78 Å². The second-order valence-corrected chi connectivity index (χ2v) is 10.6. The Kier molecular flexibility index (Phi) is 7.49. The van der Waals surface area contributed by atoms with Gasteiger partial charge in [0.2, 0.25) is 11.8 Å². The molecular weight excluding hydrogens is 521 g/mol. The van der Waals surface area contributed by atoms with E-state index in [1.165, 1.54) is 24.6 Å². The number of hydrogen-bond donors (Lipinski definition) is 1. The number of likely N-dealkylation sites (tertiary alicyclic amines) is 1. The molecule has 3 aliphatic rings. The van der Waals surface area contributed by atoms with E-state index in [4.69, 9.17) is 0 Å². The Morgan fingerprint density at radius 2 is 1.90 bits per heavy atom. The maximum Gasteiger partial charge on any atom is 0.418 e. The number of nitrogens with one attached hydrogen (secondary N) is 1. The van der Waals surface area contributed by atoms with Crippen molar-refractivity contribution in [2.45, 2.75) is 44.5 Å². The molecule has 12 heteroatoms. The first-order valence-corrected chi connectivity index (χ1v) is 13.0. The predicted octanol–water partition coefficient (Wildman–Crippen LogP) is 3.79. The van der Waals surface area contributed by atoms with Crippen molar-refractivity contribution in [1.29, 1.82) is 0 Å². The highest BCUT2D eigenvalue weighted by Crippen LogP contribution is 2.34. The summed E-state index contributed by atoms with van der Waals surface area (Å²) in [5.41, 5.74) is 1.56. The Morgan fingerprint density at radius 3 is 2.59 bits per heavy atom. The van der Waals surface area contributed by atoms with E-state index >= 15 is 0 Å². The minimum atomic E-state index is -4.71. The molecule has 3 heterocycles. The van der Waals surface area contributed by atoms with Crippen LogP contribution in [0.2, 0.25) is 0 Å². The molecule has 0 spiro atoms. The summed E-state index contributed by atoms with van der Waals surface area (Å²) < 4.78 is 67.3. The lowest BCUT2D eigenvalue weighted by molar-refractivity contribution is -0.167. The SMILES string of the molecule is O=C(CNc1cccc2c1CN(CC1CC1)CC2)N(CC(=O)N1CC(F)(F)C1)Cc1ncccc1C(F)(F)F. The second-order valence-electron chi connectivity index (χ2n) is 10.6. The zero-order valence-electron chi connectivity index (χ0n) is 21.3. The molecule has 1 saturated heterocycles. The van der Waals surface area contributed by atoms with E-state index in [9.17, 15) is 31.5 Å². The molecule has 1 aromatic carbocycles. The number of benzene rings is 1. The molecular formula is C27H30F5N5O2. The van der Waals surface area contributed by atoms with Gasteiger partial charge in [-0.1, -0.05) is 12.1 Å². The third-order valence-corrected chi connectivity index (χ3v) is 7.41. The van der Waals surface area contributed by atoms with Crippen LogP contribution in [0.3, 0.4) is 0 Å². The lowest BCUT2D eigenvalue weighted by Gasteiger charge is -2.39. The number of pyridine rings is 1. The molecule has 1 aromatic heterocycles. The van der Waals surface area contributed by atoms with Gasteiger partial charge in [-0.15, -0.1) is 0 Å². The molecule has 2 amide bonds. The van der Waals surface area contributed by atoms with Crippen molar-refractivity contribution in [3.05, 3.63) is 58.9 Å². The van der Waals surface area contributed by atoms with Crippen LogP contribution in [0, 0.1) is 5.92 Å². The molecule has 0 atom stereocenters. The lowest BCUT2D eigenvalue weighted by atomic mass is 9.97. The lowest BCUT2D eigenvalue weighted by Crippen LogP contribution is -2.60. The fourth-order valence-corrected chi connectivity index (χ4v) is 5.09. The van der Waals surface area contributed by atoms with Gasteiger partial charge < -0.3 is 15.1 Å². The van der Waals surface area contributed by atoms with Crippen LogP contribution in [0.25, 0.3) is 0 Å². The first kappa shape index (κ1) is 27.3. The third-order valence-electron chi connectivity index (χ3n) is 7.41. The highest BCUT2D eigenvalue weighted by molar-refractivity contribution is 5.87. The van der Waals surface area contributed by atoms with Crippen molar-refractivity contribution in [3.63, 3.8) is 0 Å². The number of anilines is 1. The normalized spacial score (nSPS) is 18.7. The molecule has 39 heavy (non-hydrogen) atoms. The van der Waals surface area contributed by atoms with E-state index in [0.29, 0.717) is 0 Å². The summed E-state index contributed by atoms with van der Waals surface area (Å²) in [6.45, 7) is -0.338. The quantitative estimate of drug-likeness (QED) is 0.481. The van der Waals surface area contributed by atoms with E-state index in [0.717, 1.165) is 65.2 Å². The number of hydrogen-bond acceptors (Lipinski definition) is 5. The van der Waals surface area contributed by atoms with Gasteiger partial charge in [0.05, 0.1) is 37.4 Å². The summed E-state index contributed by atoms with van der Waals surface area (Å²) in [4.78, 5) is 33.9. The number of aromatic nitrogens is 1. The van der Waals surface area contributed by atoms with Crippen LogP contribution in [-0.4, -0.2) is 76.7 Å². The van der Waals surface area contributed by atoms with Gasteiger partial charge in [0.15, 0.2) is 0 Å². The Balaban J connectivity index is 1.30. The topological polar surface area (TPSA) is 68.8 Å². The van der Waals surface area contributed by atoms with Gasteiger partial charge in [0.25, 0.3) is 5.92 Å². The summed E-state index contributed by atoms with van der Waals surface area (Å²) in [5, 5.41) is 3.11. The molecule has 2 aromatic rings. The smallest absolute Gasteiger partial charge is 0.376 e. The maximum absolute atomic E-state index is 13.6. The van der Waals surface area contributed by atoms with Gasteiger partial charge in [-0.2, -0.15) is 13.2 Å². The number of carbonyl (C=O) groups is 2. The molecule has 210 valence electrons. The molecule has 0 radical (unpaired) electrons. The van der Waals surface area contributed by atoms with Crippen molar-refractivity contribution in [2.75, 3.05) is 44.6 Å². The Bertz CT molecular complexity index is 1230. The summed E-state index contributed by atoms with van der Waals surface area (Å²) >= 11 is 0. The minimum Gasteiger partial charge on any atom is -0.376 e. The number of alkyl halides is 5. The third kappa shape index (κ3) is 6.66. The largest absolute Gasteiger partial charge is 0.418 e. The van der Waals surface area contributed by atoms with Crippen LogP contribution in [0.5, 0.6) is 0 Å². The average Bonchev–Trinajstić information content (AvgIpc) is 3.69. The zero-order valence-corrected chi connectivity index (χ0v) is 21.3. The Labute approximate surface area is 223 Å². The highest BCUT2D eigenvalue weighted by atomic mass is 19.4. The van der Waals surface area contributed by atoms with Gasteiger partial charge in [0.1, 0.15) is 6.54 Å². The van der Waals surface area contributed by atoms with E-state index in [2.05, 4.69) is 15.2 Å². The molecule has 2 aliphatic heterocycles. The zero-order chi connectivity index (χ0) is 27.8. The number of halogens is 5. The van der Waals surface area contributed by atoms with E-state index in [1.54, 1.807) is 0 Å². The molecule has 1 N–H and O–H groups in total. The van der Waals surface area contributed by atoms with Crippen molar-refractivity contribution >= 4 is 17.5 Å². The maximum atomic E-state index is 13.6. The molecule has 2 fully saturated rings. The van der Waals surface area contributed by atoms with Crippen LogP contribution in [0.15, 0.2) is 36.5 Å². The summed E-state index contributed by atoms with van der Waals surface area (Å²) in [6, 6.07) is 7.77. The molecule has 1 saturated carbocycles. The van der Waals surface area contributed by atoms with Crippen LogP contribution in [-0.2, 0) is 35.3 Å². The van der Waals surface area contributed by atoms with Gasteiger partial charge >= 0.3 is 6.18 Å². The number of nitrogens with zero attached hydrogens (tertiary/aromatic N) is 4. The molecule has 7 nitrogen and oxygen atoms in total.